The minimum Gasteiger partial charge on any atom is -0.461 e. The molecule has 1 aromatic heterocycles. The van der Waals surface area contributed by atoms with Gasteiger partial charge in [-0.2, -0.15) is 0 Å². The Hall–Kier alpha value is -1.36. The molecule has 0 bridgehead atoms. The van der Waals surface area contributed by atoms with Gasteiger partial charge < -0.3 is 14.4 Å². The lowest BCUT2D eigenvalue weighted by molar-refractivity contribution is 0.0520. The van der Waals surface area contributed by atoms with Gasteiger partial charge in [0.05, 0.1) is 25.6 Å². The first-order valence-corrected chi connectivity index (χ1v) is 4.50. The highest BCUT2D eigenvalue weighted by Gasteiger charge is 2.11. The number of hydrogen-bond acceptors (Lipinski definition) is 4. The van der Waals surface area contributed by atoms with Crippen LogP contribution >= 0.6 is 0 Å². The van der Waals surface area contributed by atoms with Gasteiger partial charge in [0.25, 0.3) is 0 Å². The second kappa shape index (κ2) is 4.76. The van der Waals surface area contributed by atoms with Crippen LogP contribution in [0.2, 0.25) is 0 Å². The number of nitrogens with zero attached hydrogens (tertiary/aromatic N) is 2. The van der Waals surface area contributed by atoms with Crippen LogP contribution in [0.1, 0.15) is 30.4 Å². The second-order valence-electron chi connectivity index (χ2n) is 2.96. The Labute approximate surface area is 82.3 Å². The molecule has 0 aliphatic rings. The standard InChI is InChI=1S/C9H14N2O3/c1-3-14-9(13)8-4-11(6-10-8)7(2)5-12/h4,6-7,12H,3,5H2,1-2H3/t7-/m1/s1. The zero-order valence-corrected chi connectivity index (χ0v) is 8.30. The predicted molar refractivity (Wildman–Crippen MR) is 50.0 cm³/mol. The van der Waals surface area contributed by atoms with Crippen molar-refractivity contribution in [3.05, 3.63) is 18.2 Å². The Balaban J connectivity index is 2.72. The molecule has 1 N–H and O–H groups in total. The average Bonchev–Trinajstić information content (AvgIpc) is 2.66. The van der Waals surface area contributed by atoms with Gasteiger partial charge in [-0.15, -0.1) is 0 Å². The minimum absolute atomic E-state index is 0.0125. The Morgan fingerprint density at radius 3 is 3.07 bits per heavy atom. The third-order valence-electron chi connectivity index (χ3n) is 1.86. The summed E-state index contributed by atoms with van der Waals surface area (Å²) in [6.07, 6.45) is 3.08. The van der Waals surface area contributed by atoms with Crippen molar-refractivity contribution in [2.24, 2.45) is 0 Å². The van der Waals surface area contributed by atoms with Crippen LogP contribution in [-0.2, 0) is 4.74 Å². The molecular weight excluding hydrogens is 184 g/mol. The van der Waals surface area contributed by atoms with E-state index in [1.165, 1.54) is 6.33 Å². The maximum Gasteiger partial charge on any atom is 0.358 e. The van der Waals surface area contributed by atoms with Crippen molar-refractivity contribution in [2.45, 2.75) is 19.9 Å². The number of carbonyl (C=O) groups is 1. The Morgan fingerprint density at radius 2 is 2.50 bits per heavy atom. The van der Waals surface area contributed by atoms with Crippen LogP contribution in [0.3, 0.4) is 0 Å². The van der Waals surface area contributed by atoms with Gasteiger partial charge >= 0.3 is 5.97 Å². The van der Waals surface area contributed by atoms with Gasteiger partial charge in [-0.25, -0.2) is 9.78 Å². The molecule has 0 amide bonds. The molecule has 1 rings (SSSR count). The maximum atomic E-state index is 11.2. The first-order valence-electron chi connectivity index (χ1n) is 4.50. The normalized spacial score (nSPS) is 12.5. The quantitative estimate of drug-likeness (QED) is 0.720. The Bertz CT molecular complexity index is 309. The van der Waals surface area contributed by atoms with E-state index in [4.69, 9.17) is 9.84 Å². The highest BCUT2D eigenvalue weighted by atomic mass is 16.5. The molecule has 5 heteroatoms. The number of aliphatic hydroxyl groups excluding tert-OH is 1. The van der Waals surface area contributed by atoms with Crippen molar-refractivity contribution in [3.8, 4) is 0 Å². The summed E-state index contributed by atoms with van der Waals surface area (Å²) in [6, 6.07) is -0.0781. The molecule has 0 fully saturated rings. The van der Waals surface area contributed by atoms with Gasteiger partial charge in [-0.1, -0.05) is 0 Å². The lowest BCUT2D eigenvalue weighted by Crippen LogP contribution is -2.08. The third-order valence-corrected chi connectivity index (χ3v) is 1.86. The summed E-state index contributed by atoms with van der Waals surface area (Å²) in [5.41, 5.74) is 0.271. The fraction of sp³-hybridized carbons (Fsp3) is 0.556. The molecule has 0 aromatic carbocycles. The van der Waals surface area contributed by atoms with Crippen molar-refractivity contribution < 1.29 is 14.6 Å². The topological polar surface area (TPSA) is 64.3 Å². The van der Waals surface area contributed by atoms with Crippen LogP contribution in [0, 0.1) is 0 Å². The monoisotopic (exact) mass is 198 g/mol. The number of ether oxygens (including phenoxy) is 1. The first-order chi connectivity index (χ1) is 6.69. The van der Waals surface area contributed by atoms with E-state index in [-0.39, 0.29) is 18.3 Å². The zero-order valence-electron chi connectivity index (χ0n) is 8.30. The summed E-state index contributed by atoms with van der Waals surface area (Å²) < 4.78 is 6.45. The van der Waals surface area contributed by atoms with Crippen molar-refractivity contribution in [3.63, 3.8) is 0 Å². The van der Waals surface area contributed by atoms with Gasteiger partial charge in [0.1, 0.15) is 0 Å². The molecule has 0 spiro atoms. The van der Waals surface area contributed by atoms with E-state index in [1.54, 1.807) is 17.7 Å². The van der Waals surface area contributed by atoms with E-state index in [9.17, 15) is 4.79 Å². The highest BCUT2D eigenvalue weighted by molar-refractivity contribution is 5.86. The average molecular weight is 198 g/mol. The first kappa shape index (κ1) is 10.7. The number of imidazole rings is 1. The zero-order chi connectivity index (χ0) is 10.6. The van der Waals surface area contributed by atoms with Gasteiger partial charge in [0.2, 0.25) is 0 Å². The van der Waals surface area contributed by atoms with Gasteiger partial charge in [-0.3, -0.25) is 0 Å². The predicted octanol–water partition coefficient (Wildman–Crippen LogP) is 0.613. The van der Waals surface area contributed by atoms with Crippen LogP contribution in [0.25, 0.3) is 0 Å². The Kier molecular flexibility index (Phi) is 3.64. The smallest absolute Gasteiger partial charge is 0.358 e. The third kappa shape index (κ3) is 2.32. The lowest BCUT2D eigenvalue weighted by atomic mass is 10.3. The van der Waals surface area contributed by atoms with E-state index < -0.39 is 5.97 Å². The maximum absolute atomic E-state index is 11.2. The number of hydrogen-bond donors (Lipinski definition) is 1. The molecule has 14 heavy (non-hydrogen) atoms. The molecule has 0 unspecified atom stereocenters. The van der Waals surface area contributed by atoms with Crippen molar-refractivity contribution >= 4 is 5.97 Å². The summed E-state index contributed by atoms with van der Waals surface area (Å²) in [4.78, 5) is 15.1. The molecule has 1 atom stereocenters. The second-order valence-corrected chi connectivity index (χ2v) is 2.96. The molecule has 0 aliphatic heterocycles. The van der Waals surface area contributed by atoms with E-state index in [0.29, 0.717) is 6.61 Å². The summed E-state index contributed by atoms with van der Waals surface area (Å²) in [5, 5.41) is 8.87. The lowest BCUT2D eigenvalue weighted by Gasteiger charge is -2.07. The van der Waals surface area contributed by atoms with Crippen molar-refractivity contribution in [1.29, 1.82) is 0 Å². The number of aliphatic hydroxyl groups is 1. The molecule has 0 saturated heterocycles. The highest BCUT2D eigenvalue weighted by Crippen LogP contribution is 2.06. The molecule has 5 nitrogen and oxygen atoms in total. The van der Waals surface area contributed by atoms with Crippen LogP contribution in [0.5, 0.6) is 0 Å². The number of esters is 1. The van der Waals surface area contributed by atoms with E-state index in [1.807, 2.05) is 6.92 Å². The summed E-state index contributed by atoms with van der Waals surface area (Å²) in [6.45, 7) is 3.92. The molecule has 78 valence electrons. The minimum atomic E-state index is -0.434. The van der Waals surface area contributed by atoms with E-state index in [0.717, 1.165) is 0 Å². The molecule has 0 radical (unpaired) electrons. The molecule has 1 heterocycles. The summed E-state index contributed by atoms with van der Waals surface area (Å²) in [7, 11) is 0. The van der Waals surface area contributed by atoms with Crippen LogP contribution in [-0.4, -0.2) is 33.8 Å². The van der Waals surface area contributed by atoms with Gasteiger partial charge in [-0.05, 0) is 13.8 Å². The number of carbonyl (C=O) groups excluding carboxylic acids is 1. The van der Waals surface area contributed by atoms with Gasteiger partial charge in [0, 0.05) is 6.20 Å². The number of rotatable bonds is 4. The van der Waals surface area contributed by atoms with E-state index in [2.05, 4.69) is 4.98 Å². The van der Waals surface area contributed by atoms with Crippen molar-refractivity contribution in [2.75, 3.05) is 13.2 Å². The van der Waals surface area contributed by atoms with Crippen LogP contribution in [0.15, 0.2) is 12.5 Å². The largest absolute Gasteiger partial charge is 0.461 e. The van der Waals surface area contributed by atoms with E-state index >= 15 is 0 Å². The molecule has 0 saturated carbocycles. The number of aromatic nitrogens is 2. The van der Waals surface area contributed by atoms with Crippen molar-refractivity contribution in [1.82, 2.24) is 9.55 Å². The fourth-order valence-electron chi connectivity index (χ4n) is 0.983. The Morgan fingerprint density at radius 1 is 1.79 bits per heavy atom. The SMILES string of the molecule is CCOC(=O)c1cn([C@H](C)CO)cn1. The van der Waals surface area contributed by atoms with Crippen LogP contribution in [0.4, 0.5) is 0 Å². The van der Waals surface area contributed by atoms with Gasteiger partial charge in [0.15, 0.2) is 5.69 Å². The summed E-state index contributed by atoms with van der Waals surface area (Å²) >= 11 is 0. The fourth-order valence-corrected chi connectivity index (χ4v) is 0.983. The van der Waals surface area contributed by atoms with Crippen LogP contribution < -0.4 is 0 Å². The summed E-state index contributed by atoms with van der Waals surface area (Å²) in [5.74, 6) is -0.434. The molecule has 0 aliphatic carbocycles. The molecular formula is C9H14N2O3. The molecule has 1 aromatic rings.